The summed E-state index contributed by atoms with van der Waals surface area (Å²) in [5, 5.41) is 0. The maximum atomic E-state index is 12.1. The van der Waals surface area contributed by atoms with Crippen LogP contribution in [0, 0.1) is 0 Å². The van der Waals surface area contributed by atoms with Gasteiger partial charge in [0.15, 0.2) is 5.82 Å². The number of aromatic nitrogens is 2. The number of carbonyl (C=O) groups excluding carboxylic acids is 1. The first-order valence-electron chi connectivity index (χ1n) is 7.33. The first kappa shape index (κ1) is 11.9. The predicted molar refractivity (Wildman–Crippen MR) is 74.5 cm³/mol. The van der Waals surface area contributed by atoms with E-state index in [1.165, 1.54) is 18.4 Å². The van der Waals surface area contributed by atoms with Crippen LogP contribution in [-0.4, -0.2) is 17.0 Å². The van der Waals surface area contributed by atoms with Crippen LogP contribution in [0.15, 0.2) is 24.7 Å². The summed E-state index contributed by atoms with van der Waals surface area (Å²) in [4.78, 5) is 14.0. The summed E-state index contributed by atoms with van der Waals surface area (Å²) in [6.45, 7) is 1.33. The summed E-state index contributed by atoms with van der Waals surface area (Å²) < 4.78 is 4.11. The molecule has 1 aliphatic heterocycles. The highest BCUT2D eigenvalue weighted by Crippen LogP contribution is 2.40. The third-order valence-corrected chi connectivity index (χ3v) is 4.28. The van der Waals surface area contributed by atoms with Crippen molar-refractivity contribution in [1.82, 2.24) is 4.52 Å². The molecule has 5 heteroatoms. The maximum Gasteiger partial charge on any atom is 0.228 e. The number of nitrogens with zero attached hydrogens (tertiary/aromatic N) is 3. The van der Waals surface area contributed by atoms with E-state index in [1.54, 1.807) is 0 Å². The minimum Gasteiger partial charge on any atom is -0.326 e. The van der Waals surface area contributed by atoms with E-state index in [-0.39, 0.29) is 5.91 Å². The third-order valence-electron chi connectivity index (χ3n) is 4.28. The normalized spacial score (nSPS) is 19.2. The average molecular weight is 271 g/mol. The number of hydrogen-bond acceptors (Lipinski definition) is 2. The van der Waals surface area contributed by atoms with E-state index in [1.807, 2.05) is 15.6 Å². The van der Waals surface area contributed by atoms with Crippen LogP contribution in [0.1, 0.15) is 42.7 Å². The summed E-state index contributed by atoms with van der Waals surface area (Å²) in [5.74, 6) is 1.87. The largest absolute Gasteiger partial charge is 0.326 e. The minimum absolute atomic E-state index is 0.225. The van der Waals surface area contributed by atoms with Gasteiger partial charge in [-0.3, -0.25) is 9.69 Å². The zero-order valence-corrected chi connectivity index (χ0v) is 11.5. The van der Waals surface area contributed by atoms with Crippen LogP contribution in [0.4, 0.5) is 5.82 Å². The van der Waals surface area contributed by atoms with Crippen molar-refractivity contribution in [2.45, 2.75) is 38.1 Å². The molecule has 5 nitrogen and oxygen atoms in total. The number of anilines is 1. The Labute approximate surface area is 117 Å². The Hall–Kier alpha value is -1.88. The number of hydrogen-bond donors (Lipinski definition) is 1. The van der Waals surface area contributed by atoms with Crippen molar-refractivity contribution < 1.29 is 9.31 Å². The van der Waals surface area contributed by atoms with Crippen LogP contribution in [0.2, 0.25) is 0 Å². The summed E-state index contributed by atoms with van der Waals surface area (Å²) >= 11 is 0. The molecule has 0 spiro atoms. The standard InChI is InChI=1S/C15H19N4O/c16-7-11-8-17-10-13(12-3-4-12)6-14(19(17)9-11)18-5-1-2-15(18)20/h6,8-10,12H,1-5,7,16H2/q+1. The van der Waals surface area contributed by atoms with Crippen molar-refractivity contribution in [1.29, 1.82) is 0 Å². The van der Waals surface area contributed by atoms with Gasteiger partial charge < -0.3 is 5.73 Å². The van der Waals surface area contributed by atoms with Gasteiger partial charge in [0.25, 0.3) is 0 Å². The van der Waals surface area contributed by atoms with Gasteiger partial charge in [-0.1, -0.05) is 4.52 Å². The molecule has 3 heterocycles. The van der Waals surface area contributed by atoms with E-state index in [0.29, 0.717) is 18.9 Å². The Kier molecular flexibility index (Phi) is 2.57. The Morgan fingerprint density at radius 3 is 2.85 bits per heavy atom. The molecule has 0 atom stereocenters. The predicted octanol–water partition coefficient (Wildman–Crippen LogP) is 0.988. The number of rotatable bonds is 3. The van der Waals surface area contributed by atoms with Crippen molar-refractivity contribution in [2.75, 3.05) is 11.4 Å². The molecule has 2 fully saturated rings. The van der Waals surface area contributed by atoms with Gasteiger partial charge >= 0.3 is 0 Å². The van der Waals surface area contributed by atoms with Crippen LogP contribution >= 0.6 is 0 Å². The monoisotopic (exact) mass is 271 g/mol. The Balaban J connectivity index is 1.90. The Bertz CT molecular complexity index is 686. The van der Waals surface area contributed by atoms with Crippen molar-refractivity contribution in [3.63, 3.8) is 0 Å². The molecule has 0 radical (unpaired) electrons. The lowest BCUT2D eigenvalue weighted by Crippen LogP contribution is -2.34. The summed E-state index contributed by atoms with van der Waals surface area (Å²) in [6, 6.07) is 2.18. The first-order chi connectivity index (χ1) is 9.76. The fourth-order valence-electron chi connectivity index (χ4n) is 3.02. The highest BCUT2D eigenvalue weighted by atomic mass is 16.2. The molecule has 20 heavy (non-hydrogen) atoms. The second-order valence-electron chi connectivity index (χ2n) is 5.82. The molecular weight excluding hydrogens is 252 g/mol. The molecule has 104 valence electrons. The van der Waals surface area contributed by atoms with Gasteiger partial charge in [0, 0.05) is 25.1 Å². The van der Waals surface area contributed by atoms with Crippen molar-refractivity contribution in [3.05, 3.63) is 35.8 Å². The highest BCUT2D eigenvalue weighted by Gasteiger charge is 2.31. The number of nitrogens with two attached hydrogens (primary N) is 1. The lowest BCUT2D eigenvalue weighted by Gasteiger charge is -2.15. The lowest BCUT2D eigenvalue weighted by atomic mass is 10.2. The molecule has 1 amide bonds. The van der Waals surface area contributed by atoms with Gasteiger partial charge in [-0.05, 0) is 31.2 Å². The quantitative estimate of drug-likeness (QED) is 0.846. The number of carbonyl (C=O) groups is 1. The van der Waals surface area contributed by atoms with E-state index < -0.39 is 0 Å². The minimum atomic E-state index is 0.225. The molecule has 0 aromatic carbocycles. The SMILES string of the molecule is NCc1cn2c(N3CCCC3=O)cc(C3CC3)c[n+]2c1. The van der Waals surface area contributed by atoms with Crippen LogP contribution in [0.25, 0.3) is 0 Å². The van der Waals surface area contributed by atoms with Gasteiger partial charge in [-0.15, -0.1) is 4.52 Å². The molecule has 1 aliphatic carbocycles. The van der Waals surface area contributed by atoms with Gasteiger partial charge in [0.1, 0.15) is 0 Å². The third kappa shape index (κ3) is 1.81. The highest BCUT2D eigenvalue weighted by molar-refractivity contribution is 5.94. The molecular formula is C15H19N4O+. The van der Waals surface area contributed by atoms with Crippen molar-refractivity contribution in [2.24, 2.45) is 5.73 Å². The number of amides is 1. The molecule has 2 aromatic rings. The molecule has 2 N–H and O–H groups in total. The number of fused-ring (bicyclic) bond motifs is 1. The maximum absolute atomic E-state index is 12.1. The fraction of sp³-hybridized carbons (Fsp3) is 0.467. The van der Waals surface area contributed by atoms with E-state index in [2.05, 4.69) is 23.0 Å². The summed E-state index contributed by atoms with van der Waals surface area (Å²) in [6.07, 6.45) is 10.4. The second kappa shape index (κ2) is 4.31. The first-order valence-corrected chi connectivity index (χ1v) is 7.33. The van der Waals surface area contributed by atoms with Gasteiger partial charge in [0.2, 0.25) is 18.3 Å². The Morgan fingerprint density at radius 2 is 2.20 bits per heavy atom. The summed E-state index contributed by atoms with van der Waals surface area (Å²) in [7, 11) is 0. The van der Waals surface area contributed by atoms with Crippen LogP contribution in [0.3, 0.4) is 0 Å². The van der Waals surface area contributed by atoms with Crippen molar-refractivity contribution >= 4 is 11.7 Å². The molecule has 0 unspecified atom stereocenters. The van der Waals surface area contributed by atoms with Gasteiger partial charge in [-0.2, -0.15) is 0 Å². The topological polar surface area (TPSA) is 54.8 Å². The molecule has 4 rings (SSSR count). The zero-order chi connectivity index (χ0) is 13.7. The molecule has 2 aromatic heterocycles. The van der Waals surface area contributed by atoms with E-state index in [9.17, 15) is 4.79 Å². The van der Waals surface area contributed by atoms with Gasteiger partial charge in [-0.25, -0.2) is 0 Å². The van der Waals surface area contributed by atoms with Gasteiger partial charge in [0.05, 0.1) is 11.8 Å². The molecule has 0 bridgehead atoms. The lowest BCUT2D eigenvalue weighted by molar-refractivity contribution is -0.616. The zero-order valence-electron chi connectivity index (χ0n) is 11.5. The Morgan fingerprint density at radius 1 is 1.35 bits per heavy atom. The molecule has 2 aliphatic rings. The van der Waals surface area contributed by atoms with E-state index in [4.69, 9.17) is 5.73 Å². The summed E-state index contributed by atoms with van der Waals surface area (Å²) in [5.41, 5.74) is 8.16. The van der Waals surface area contributed by atoms with E-state index >= 15 is 0 Å². The van der Waals surface area contributed by atoms with E-state index in [0.717, 1.165) is 24.3 Å². The second-order valence-corrected chi connectivity index (χ2v) is 5.82. The van der Waals surface area contributed by atoms with Crippen molar-refractivity contribution in [3.8, 4) is 0 Å². The van der Waals surface area contributed by atoms with Crippen LogP contribution in [0.5, 0.6) is 0 Å². The van der Waals surface area contributed by atoms with Crippen LogP contribution in [-0.2, 0) is 11.3 Å². The average Bonchev–Trinajstić information content (AvgIpc) is 3.08. The van der Waals surface area contributed by atoms with Crippen LogP contribution < -0.4 is 15.1 Å². The fourth-order valence-corrected chi connectivity index (χ4v) is 3.02. The smallest absolute Gasteiger partial charge is 0.228 e. The molecule has 1 saturated carbocycles. The molecule has 1 saturated heterocycles.